The number of hydrogen-bond donors (Lipinski definition) is 2. The van der Waals surface area contributed by atoms with E-state index < -0.39 is 0 Å². The second kappa shape index (κ2) is 7.18. The summed E-state index contributed by atoms with van der Waals surface area (Å²) in [6.45, 7) is 1.50. The summed E-state index contributed by atoms with van der Waals surface area (Å²) in [5.41, 5.74) is 2.15. The molecule has 1 aromatic carbocycles. The Hall–Kier alpha value is -2.20. The first-order valence-corrected chi connectivity index (χ1v) is 7.81. The van der Waals surface area contributed by atoms with Crippen LogP contribution in [-0.4, -0.2) is 30.0 Å². The molecule has 4 nitrogen and oxygen atoms in total. The zero-order chi connectivity index (χ0) is 15.2. The molecule has 2 atom stereocenters. The summed E-state index contributed by atoms with van der Waals surface area (Å²) >= 11 is 0. The average molecular weight is 295 g/mol. The lowest BCUT2D eigenvalue weighted by atomic mass is 9.95. The Kier molecular flexibility index (Phi) is 4.81. The van der Waals surface area contributed by atoms with Crippen LogP contribution in [0.15, 0.2) is 54.7 Å². The van der Waals surface area contributed by atoms with Crippen molar-refractivity contribution in [1.29, 1.82) is 0 Å². The second-order valence-electron chi connectivity index (χ2n) is 5.61. The molecule has 2 heterocycles. The number of pyridine rings is 1. The van der Waals surface area contributed by atoms with Gasteiger partial charge in [0, 0.05) is 24.4 Å². The van der Waals surface area contributed by atoms with Crippen LogP contribution in [0.1, 0.15) is 30.0 Å². The van der Waals surface area contributed by atoms with Gasteiger partial charge in [0.05, 0.1) is 6.04 Å². The van der Waals surface area contributed by atoms with E-state index in [0.29, 0.717) is 6.54 Å². The number of carbonyl (C=O) groups excluding carboxylic acids is 1. The van der Waals surface area contributed by atoms with Crippen LogP contribution >= 0.6 is 0 Å². The van der Waals surface area contributed by atoms with E-state index in [0.717, 1.165) is 25.1 Å². The molecule has 1 aliphatic heterocycles. The highest BCUT2D eigenvalue weighted by Gasteiger charge is 2.23. The molecule has 114 valence electrons. The van der Waals surface area contributed by atoms with Crippen LogP contribution in [0.2, 0.25) is 0 Å². The largest absolute Gasteiger partial charge is 0.354 e. The molecule has 2 N–H and O–H groups in total. The van der Waals surface area contributed by atoms with E-state index in [1.807, 2.05) is 36.4 Å². The van der Waals surface area contributed by atoms with Crippen molar-refractivity contribution in [1.82, 2.24) is 15.6 Å². The predicted octanol–water partition coefficient (Wildman–Crippen LogP) is 2.08. The first-order chi connectivity index (χ1) is 10.8. The molecule has 1 fully saturated rings. The molecule has 1 saturated heterocycles. The zero-order valence-electron chi connectivity index (χ0n) is 12.5. The molecule has 0 radical (unpaired) electrons. The minimum Gasteiger partial charge on any atom is -0.354 e. The fraction of sp³-hybridized carbons (Fsp3) is 0.333. The summed E-state index contributed by atoms with van der Waals surface area (Å²) in [5, 5.41) is 6.31. The SMILES string of the molecule is O=C(NC[C@@H](c1ccccc1)c1ccccn1)[C@@H]1CCCN1. The number of aromatic nitrogens is 1. The standard InChI is InChI=1S/C18H21N3O/c22-18(17-10-6-12-20-17)21-13-15(14-7-2-1-3-8-14)16-9-4-5-11-19-16/h1-5,7-9,11,15,17,20H,6,10,12-13H2,(H,21,22)/t15-,17-/m0/s1. The zero-order valence-corrected chi connectivity index (χ0v) is 12.5. The molecule has 1 amide bonds. The number of carbonyl (C=O) groups is 1. The van der Waals surface area contributed by atoms with Crippen LogP contribution in [-0.2, 0) is 4.79 Å². The van der Waals surface area contributed by atoms with Gasteiger partial charge >= 0.3 is 0 Å². The Morgan fingerprint density at radius 1 is 1.23 bits per heavy atom. The molecule has 1 aromatic heterocycles. The molecule has 0 saturated carbocycles. The number of hydrogen-bond acceptors (Lipinski definition) is 3. The highest BCUT2D eigenvalue weighted by atomic mass is 16.2. The number of amides is 1. The molecule has 0 spiro atoms. The summed E-state index contributed by atoms with van der Waals surface area (Å²) < 4.78 is 0. The van der Waals surface area contributed by atoms with Crippen molar-refractivity contribution in [3.8, 4) is 0 Å². The maximum absolute atomic E-state index is 12.2. The van der Waals surface area contributed by atoms with E-state index in [4.69, 9.17) is 0 Å². The van der Waals surface area contributed by atoms with Gasteiger partial charge in [-0.25, -0.2) is 0 Å². The van der Waals surface area contributed by atoms with Gasteiger partial charge in [-0.1, -0.05) is 36.4 Å². The first kappa shape index (κ1) is 14.7. The molecule has 0 unspecified atom stereocenters. The normalized spacial score (nSPS) is 18.8. The minimum atomic E-state index is -0.0415. The van der Waals surface area contributed by atoms with E-state index in [9.17, 15) is 4.79 Å². The van der Waals surface area contributed by atoms with E-state index in [-0.39, 0.29) is 17.9 Å². The fourth-order valence-corrected chi connectivity index (χ4v) is 2.89. The van der Waals surface area contributed by atoms with Crippen LogP contribution in [0.5, 0.6) is 0 Å². The van der Waals surface area contributed by atoms with Crippen molar-refractivity contribution in [3.63, 3.8) is 0 Å². The van der Waals surface area contributed by atoms with E-state index in [1.54, 1.807) is 6.20 Å². The number of rotatable bonds is 5. The molecule has 22 heavy (non-hydrogen) atoms. The fourth-order valence-electron chi connectivity index (χ4n) is 2.89. The maximum Gasteiger partial charge on any atom is 0.237 e. The van der Waals surface area contributed by atoms with E-state index in [1.165, 1.54) is 5.56 Å². The number of benzene rings is 1. The van der Waals surface area contributed by atoms with Gasteiger partial charge in [-0.05, 0) is 37.1 Å². The highest BCUT2D eigenvalue weighted by molar-refractivity contribution is 5.82. The third-order valence-electron chi connectivity index (χ3n) is 4.10. The van der Waals surface area contributed by atoms with Crippen LogP contribution in [0.3, 0.4) is 0 Å². The van der Waals surface area contributed by atoms with Gasteiger partial charge in [-0.2, -0.15) is 0 Å². The third kappa shape index (κ3) is 3.52. The smallest absolute Gasteiger partial charge is 0.237 e. The average Bonchev–Trinajstić information content (AvgIpc) is 3.11. The first-order valence-electron chi connectivity index (χ1n) is 7.81. The quantitative estimate of drug-likeness (QED) is 0.888. The van der Waals surface area contributed by atoms with Crippen molar-refractivity contribution in [2.24, 2.45) is 0 Å². The summed E-state index contributed by atoms with van der Waals surface area (Å²) in [6, 6.07) is 16.1. The van der Waals surface area contributed by atoms with Gasteiger partial charge in [0.2, 0.25) is 5.91 Å². The van der Waals surface area contributed by atoms with Gasteiger partial charge in [-0.15, -0.1) is 0 Å². The lowest BCUT2D eigenvalue weighted by molar-refractivity contribution is -0.122. The molecule has 2 aromatic rings. The molecular weight excluding hydrogens is 274 g/mol. The van der Waals surface area contributed by atoms with Crippen molar-refractivity contribution in [2.75, 3.05) is 13.1 Å². The van der Waals surface area contributed by atoms with Crippen LogP contribution < -0.4 is 10.6 Å². The van der Waals surface area contributed by atoms with Crippen molar-refractivity contribution in [2.45, 2.75) is 24.8 Å². The Labute approximate surface area is 131 Å². The Morgan fingerprint density at radius 3 is 2.73 bits per heavy atom. The predicted molar refractivity (Wildman–Crippen MR) is 86.6 cm³/mol. The van der Waals surface area contributed by atoms with Crippen LogP contribution in [0, 0.1) is 0 Å². The Bertz CT molecular complexity index is 555. The summed E-state index contributed by atoms with van der Waals surface area (Å²) in [6.07, 6.45) is 3.79. The highest BCUT2D eigenvalue weighted by Crippen LogP contribution is 2.22. The molecular formula is C18H21N3O. The van der Waals surface area contributed by atoms with E-state index >= 15 is 0 Å². The lowest BCUT2D eigenvalue weighted by Gasteiger charge is -2.19. The molecule has 0 bridgehead atoms. The van der Waals surface area contributed by atoms with Crippen molar-refractivity contribution < 1.29 is 4.79 Å². The van der Waals surface area contributed by atoms with Gasteiger partial charge in [0.1, 0.15) is 0 Å². The number of nitrogens with zero attached hydrogens (tertiary/aromatic N) is 1. The maximum atomic E-state index is 12.2. The monoisotopic (exact) mass is 295 g/mol. The summed E-state index contributed by atoms with van der Waals surface area (Å²) in [7, 11) is 0. The minimum absolute atomic E-state index is 0.0415. The van der Waals surface area contributed by atoms with Crippen molar-refractivity contribution >= 4 is 5.91 Å². The molecule has 3 rings (SSSR count). The molecule has 1 aliphatic rings. The Morgan fingerprint density at radius 2 is 2.05 bits per heavy atom. The second-order valence-corrected chi connectivity index (χ2v) is 5.61. The third-order valence-corrected chi connectivity index (χ3v) is 4.10. The van der Waals surface area contributed by atoms with Gasteiger partial charge in [0.15, 0.2) is 0 Å². The Balaban J connectivity index is 1.73. The van der Waals surface area contributed by atoms with Crippen LogP contribution in [0.25, 0.3) is 0 Å². The topological polar surface area (TPSA) is 54.0 Å². The summed E-state index contributed by atoms with van der Waals surface area (Å²) in [4.78, 5) is 16.7. The van der Waals surface area contributed by atoms with Gasteiger partial charge in [0.25, 0.3) is 0 Å². The van der Waals surface area contributed by atoms with Gasteiger partial charge < -0.3 is 10.6 Å². The lowest BCUT2D eigenvalue weighted by Crippen LogP contribution is -2.42. The van der Waals surface area contributed by atoms with E-state index in [2.05, 4.69) is 27.8 Å². The summed E-state index contributed by atoms with van der Waals surface area (Å²) in [5.74, 6) is 0.169. The molecule has 0 aliphatic carbocycles. The number of nitrogens with one attached hydrogen (secondary N) is 2. The molecule has 4 heteroatoms. The van der Waals surface area contributed by atoms with Crippen LogP contribution in [0.4, 0.5) is 0 Å². The van der Waals surface area contributed by atoms with Crippen molar-refractivity contribution in [3.05, 3.63) is 66.0 Å². The van der Waals surface area contributed by atoms with Gasteiger partial charge in [-0.3, -0.25) is 9.78 Å².